The van der Waals surface area contributed by atoms with Gasteiger partial charge in [0.1, 0.15) is 6.10 Å². The second kappa shape index (κ2) is 9.40. The van der Waals surface area contributed by atoms with Crippen LogP contribution >= 0.6 is 8.38 Å². The number of carbonyl (C=O) groups is 1. The molecule has 1 aliphatic rings. The van der Waals surface area contributed by atoms with E-state index in [-0.39, 0.29) is 18.7 Å². The van der Waals surface area contributed by atoms with E-state index < -0.39 is 32.7 Å². The summed E-state index contributed by atoms with van der Waals surface area (Å²) in [5.74, 6) is 5.00. The third kappa shape index (κ3) is 6.16. The fourth-order valence-corrected chi connectivity index (χ4v) is 3.30. The van der Waals surface area contributed by atoms with Gasteiger partial charge in [0.05, 0.1) is 18.3 Å². The molecule has 1 aromatic rings. The molecule has 1 aliphatic heterocycles. The van der Waals surface area contributed by atoms with Gasteiger partial charge in [-0.05, 0) is 24.1 Å². The molecule has 1 saturated heterocycles. The number of nitrogens with two attached hydrogens (primary N) is 1. The van der Waals surface area contributed by atoms with E-state index in [0.29, 0.717) is 18.5 Å². The molecule has 8 N–H and O–H groups in total. The van der Waals surface area contributed by atoms with E-state index in [4.69, 9.17) is 20.4 Å². The molecule has 25 heavy (non-hydrogen) atoms. The van der Waals surface area contributed by atoms with Gasteiger partial charge in [-0.1, -0.05) is 12.1 Å². The van der Waals surface area contributed by atoms with Crippen LogP contribution in [0.3, 0.4) is 0 Å². The van der Waals surface area contributed by atoms with Gasteiger partial charge in [0.25, 0.3) is 0 Å². The zero-order valence-electron chi connectivity index (χ0n) is 13.6. The van der Waals surface area contributed by atoms with E-state index in [1.807, 2.05) is 5.43 Å². The minimum absolute atomic E-state index is 0.207. The van der Waals surface area contributed by atoms with Crippen LogP contribution in [0.4, 0.5) is 10.5 Å². The maximum absolute atomic E-state index is 11.1. The number of anilines is 1. The van der Waals surface area contributed by atoms with E-state index in [2.05, 4.69) is 5.32 Å². The summed E-state index contributed by atoms with van der Waals surface area (Å²) in [6.07, 6.45) is -1.59. The van der Waals surface area contributed by atoms with Crippen LogP contribution in [-0.2, 0) is 11.2 Å². The van der Waals surface area contributed by atoms with Gasteiger partial charge in [0.2, 0.25) is 0 Å². The lowest BCUT2D eigenvalue weighted by Gasteiger charge is -2.37. The Balaban J connectivity index is 1.95. The van der Waals surface area contributed by atoms with Gasteiger partial charge in [0.15, 0.2) is 8.38 Å². The Morgan fingerprint density at radius 3 is 2.56 bits per heavy atom. The van der Waals surface area contributed by atoms with Gasteiger partial charge >= 0.3 is 6.03 Å². The molecule has 0 radical (unpaired) electrons. The topological polar surface area (TPSA) is 157 Å². The third-order valence-corrected chi connectivity index (χ3v) is 4.74. The van der Waals surface area contributed by atoms with E-state index >= 15 is 0 Å². The molecule has 1 aromatic carbocycles. The Bertz CT molecular complexity index is 559. The Kier molecular flexibility index (Phi) is 7.52. The number of benzene rings is 1. The lowest BCUT2D eigenvalue weighted by atomic mass is 9.93. The number of amides is 2. The zero-order chi connectivity index (χ0) is 18.4. The first-order valence-electron chi connectivity index (χ1n) is 7.92. The highest BCUT2D eigenvalue weighted by atomic mass is 31.2. The number of urea groups is 1. The van der Waals surface area contributed by atoms with Crippen LogP contribution in [-0.4, -0.2) is 56.6 Å². The molecule has 3 unspecified atom stereocenters. The average Bonchev–Trinajstić information content (AvgIpc) is 2.58. The van der Waals surface area contributed by atoms with Gasteiger partial charge in [-0.25, -0.2) is 10.6 Å². The van der Waals surface area contributed by atoms with Crippen molar-refractivity contribution in [3.8, 4) is 0 Å². The molecule has 2 amide bonds. The highest BCUT2D eigenvalue weighted by Gasteiger charge is 2.36. The van der Waals surface area contributed by atoms with Crippen molar-refractivity contribution in [2.75, 3.05) is 11.5 Å². The Morgan fingerprint density at radius 2 is 1.96 bits per heavy atom. The van der Waals surface area contributed by atoms with Gasteiger partial charge in [0, 0.05) is 24.7 Å². The molecule has 2 rings (SSSR count). The predicted octanol–water partition coefficient (Wildman–Crippen LogP) is -0.210. The number of nitrogens with one attached hydrogen (secondary N) is 2. The Morgan fingerprint density at radius 1 is 1.28 bits per heavy atom. The molecule has 0 spiro atoms. The third-order valence-electron chi connectivity index (χ3n) is 4.08. The number of rotatable bonds is 6. The molecule has 140 valence electrons. The Labute approximate surface area is 146 Å². The molecule has 0 saturated carbocycles. The molecule has 0 aromatic heterocycles. The number of ether oxygens (including phenoxy) is 1. The van der Waals surface area contributed by atoms with Gasteiger partial charge in [-0.15, -0.1) is 0 Å². The number of aliphatic hydroxyl groups is 2. The van der Waals surface area contributed by atoms with Crippen LogP contribution in [0.2, 0.25) is 0 Å². The molecule has 10 heteroatoms. The van der Waals surface area contributed by atoms with Crippen molar-refractivity contribution in [3.05, 3.63) is 29.8 Å². The number of aliphatic hydroxyl groups excluding tert-OH is 2. The van der Waals surface area contributed by atoms with Crippen molar-refractivity contribution in [1.82, 2.24) is 5.43 Å². The number of carbonyl (C=O) groups excluding carboxylic acids is 1. The van der Waals surface area contributed by atoms with E-state index in [1.54, 1.807) is 24.3 Å². The van der Waals surface area contributed by atoms with Crippen molar-refractivity contribution in [2.45, 2.75) is 43.7 Å². The van der Waals surface area contributed by atoms with Crippen molar-refractivity contribution in [3.63, 3.8) is 0 Å². The smallest absolute Gasteiger partial charge is 0.333 e. The normalized spacial score (nSPS) is 26.5. The van der Waals surface area contributed by atoms with Gasteiger partial charge in [-0.2, -0.15) is 0 Å². The summed E-state index contributed by atoms with van der Waals surface area (Å²) < 4.78 is 5.82. The van der Waals surface area contributed by atoms with Crippen LogP contribution in [0.5, 0.6) is 0 Å². The van der Waals surface area contributed by atoms with Crippen LogP contribution in [0, 0.1) is 0 Å². The lowest BCUT2D eigenvalue weighted by Crippen LogP contribution is -2.49. The van der Waals surface area contributed by atoms with Crippen LogP contribution in [0.25, 0.3) is 0 Å². The SMILES string of the molecule is NNC(=O)Nc1ccc(C[C@@H]2OC(CCP(O)O)CC(O)C2O)cc1. The first kappa shape index (κ1) is 20.0. The Hall–Kier alpha value is -1.32. The first-order chi connectivity index (χ1) is 11.9. The minimum Gasteiger partial charge on any atom is -0.390 e. The molecular weight excluding hydrogens is 349 g/mol. The number of hydrogen-bond donors (Lipinski definition) is 7. The van der Waals surface area contributed by atoms with Crippen LogP contribution in [0.1, 0.15) is 18.4 Å². The molecule has 1 heterocycles. The summed E-state index contributed by atoms with van der Waals surface area (Å²) in [5.41, 5.74) is 3.39. The van der Waals surface area contributed by atoms with Gasteiger partial charge < -0.3 is 30.1 Å². The van der Waals surface area contributed by atoms with Crippen LogP contribution in [0.15, 0.2) is 24.3 Å². The molecular formula is C15H24N3O6P. The predicted molar refractivity (Wildman–Crippen MR) is 92.6 cm³/mol. The monoisotopic (exact) mass is 373 g/mol. The molecule has 0 bridgehead atoms. The molecule has 9 nitrogen and oxygen atoms in total. The summed E-state index contributed by atoms with van der Waals surface area (Å²) in [5, 5.41) is 22.7. The second-order valence-corrected chi connectivity index (χ2v) is 7.17. The number of hydrazine groups is 1. The summed E-state index contributed by atoms with van der Waals surface area (Å²) in [6.45, 7) is 0. The summed E-state index contributed by atoms with van der Waals surface area (Å²) in [4.78, 5) is 29.2. The summed E-state index contributed by atoms with van der Waals surface area (Å²) in [7, 11) is -2.00. The van der Waals surface area contributed by atoms with Crippen molar-refractivity contribution in [1.29, 1.82) is 0 Å². The fourth-order valence-electron chi connectivity index (χ4n) is 2.78. The minimum atomic E-state index is -2.00. The van der Waals surface area contributed by atoms with E-state index in [1.165, 1.54) is 0 Å². The zero-order valence-corrected chi connectivity index (χ0v) is 14.5. The lowest BCUT2D eigenvalue weighted by molar-refractivity contribution is -0.167. The molecule has 1 fully saturated rings. The van der Waals surface area contributed by atoms with Crippen LogP contribution < -0.4 is 16.6 Å². The molecule has 0 aliphatic carbocycles. The highest BCUT2D eigenvalue weighted by Crippen LogP contribution is 2.30. The summed E-state index contributed by atoms with van der Waals surface area (Å²) >= 11 is 0. The number of hydrogen-bond acceptors (Lipinski definition) is 7. The second-order valence-electron chi connectivity index (χ2n) is 5.97. The molecule has 4 atom stereocenters. The fraction of sp³-hybridized carbons (Fsp3) is 0.533. The van der Waals surface area contributed by atoms with Crippen molar-refractivity contribution in [2.24, 2.45) is 5.84 Å². The van der Waals surface area contributed by atoms with Crippen molar-refractivity contribution < 1.29 is 29.5 Å². The summed E-state index contributed by atoms with van der Waals surface area (Å²) in [6, 6.07) is 6.41. The average molecular weight is 373 g/mol. The van der Waals surface area contributed by atoms with E-state index in [0.717, 1.165) is 5.56 Å². The standard InChI is InChI=1S/C15H24N3O6P/c16-18-15(21)17-10-3-1-9(2-4-10)7-13-14(20)12(19)8-11(24-13)5-6-25(22)23/h1-4,11-14,19-20,22-23H,5-8,16H2,(H2,17,18,21)/t11?,12?,13-,14?/m0/s1. The van der Waals surface area contributed by atoms with Gasteiger partial charge in [-0.3, -0.25) is 5.43 Å². The first-order valence-corrected chi connectivity index (χ1v) is 9.35. The largest absolute Gasteiger partial charge is 0.390 e. The maximum Gasteiger partial charge on any atom is 0.333 e. The highest BCUT2D eigenvalue weighted by molar-refractivity contribution is 7.45. The maximum atomic E-state index is 11.1. The van der Waals surface area contributed by atoms with E-state index in [9.17, 15) is 15.0 Å². The van der Waals surface area contributed by atoms with Crippen molar-refractivity contribution >= 4 is 20.1 Å². The quantitative estimate of drug-likeness (QED) is 0.157.